The molecule has 0 radical (unpaired) electrons. The summed E-state index contributed by atoms with van der Waals surface area (Å²) < 4.78 is 27.7. The van der Waals surface area contributed by atoms with Gasteiger partial charge in [-0.2, -0.15) is 11.8 Å². The molecular formula is C17H30O6SSi. The van der Waals surface area contributed by atoms with Crippen LogP contribution in [0.2, 0.25) is 6.04 Å². The second-order valence-electron chi connectivity index (χ2n) is 5.19. The average molecular weight is 391 g/mol. The summed E-state index contributed by atoms with van der Waals surface area (Å²) in [5, 5.41) is 0. The highest BCUT2D eigenvalue weighted by Gasteiger charge is 2.39. The van der Waals surface area contributed by atoms with Gasteiger partial charge in [0, 0.05) is 31.6 Å². The Morgan fingerprint density at radius 1 is 1.12 bits per heavy atom. The first kappa shape index (κ1) is 22.2. The van der Waals surface area contributed by atoms with Gasteiger partial charge >= 0.3 is 14.8 Å². The summed E-state index contributed by atoms with van der Waals surface area (Å²) in [6, 6.07) is 4.36. The minimum Gasteiger partial charge on any atom is -0.466 e. The van der Waals surface area contributed by atoms with Gasteiger partial charge in [0.2, 0.25) is 0 Å². The van der Waals surface area contributed by atoms with Crippen molar-refractivity contribution in [3.63, 3.8) is 0 Å². The molecule has 1 rings (SSSR count). The first-order valence-corrected chi connectivity index (χ1v) is 11.9. The van der Waals surface area contributed by atoms with Gasteiger partial charge < -0.3 is 22.4 Å². The van der Waals surface area contributed by atoms with E-state index in [-0.39, 0.29) is 12.6 Å². The quantitative estimate of drug-likeness (QED) is 0.256. The number of hydrogen-bond donors (Lipinski definition) is 0. The van der Waals surface area contributed by atoms with E-state index in [4.69, 9.17) is 22.4 Å². The molecule has 1 aromatic rings. The summed E-state index contributed by atoms with van der Waals surface area (Å²) in [5.74, 6) is 2.13. The van der Waals surface area contributed by atoms with E-state index in [1.54, 1.807) is 30.2 Å². The van der Waals surface area contributed by atoms with Crippen molar-refractivity contribution in [1.29, 1.82) is 0 Å². The van der Waals surface area contributed by atoms with Crippen LogP contribution in [0, 0.1) is 0 Å². The molecule has 0 saturated carbocycles. The largest absolute Gasteiger partial charge is 0.500 e. The summed E-state index contributed by atoms with van der Waals surface area (Å²) in [4.78, 5) is 11.7. The van der Waals surface area contributed by atoms with Gasteiger partial charge in [0.05, 0.1) is 12.7 Å². The molecule has 0 aliphatic rings. The first-order chi connectivity index (χ1) is 12.2. The molecule has 0 fully saturated rings. The van der Waals surface area contributed by atoms with Crippen LogP contribution in [0.25, 0.3) is 0 Å². The Morgan fingerprint density at radius 3 is 2.36 bits per heavy atom. The Morgan fingerprint density at radius 2 is 1.80 bits per heavy atom. The molecule has 0 N–H and O–H groups in total. The van der Waals surface area contributed by atoms with Crippen molar-refractivity contribution in [3.8, 4) is 0 Å². The van der Waals surface area contributed by atoms with E-state index in [9.17, 15) is 4.79 Å². The molecule has 144 valence electrons. The molecule has 1 heterocycles. The summed E-state index contributed by atoms with van der Waals surface area (Å²) in [7, 11) is -2.54. The smallest absolute Gasteiger partial charge is 0.466 e. The molecule has 0 amide bonds. The maximum absolute atomic E-state index is 11.7. The lowest BCUT2D eigenvalue weighted by Crippen LogP contribution is -2.46. The molecule has 0 unspecified atom stereocenters. The topological polar surface area (TPSA) is 67.1 Å². The first-order valence-electron chi connectivity index (χ1n) is 8.83. The van der Waals surface area contributed by atoms with Crippen LogP contribution in [-0.2, 0) is 29.4 Å². The number of hydrogen-bond acceptors (Lipinski definition) is 7. The van der Waals surface area contributed by atoms with E-state index in [2.05, 4.69) is 0 Å². The van der Waals surface area contributed by atoms with Crippen LogP contribution in [0.3, 0.4) is 0 Å². The molecule has 0 aromatic carbocycles. The molecule has 0 saturated heterocycles. The standard InChI is InChI=1S/C17H30O6SSi/c1-4-21-25(22-5-2,23-6-3)14-8-12-24-13-10-17(18)20-15-16-9-7-11-19-16/h7,9,11H,4-6,8,10,12-15H2,1-3H3. The predicted molar refractivity (Wildman–Crippen MR) is 101 cm³/mol. The zero-order chi connectivity index (χ0) is 18.4. The van der Waals surface area contributed by atoms with Crippen molar-refractivity contribution in [1.82, 2.24) is 0 Å². The van der Waals surface area contributed by atoms with Crippen LogP contribution in [0.4, 0.5) is 0 Å². The minimum atomic E-state index is -2.54. The highest BCUT2D eigenvalue weighted by molar-refractivity contribution is 7.99. The fourth-order valence-corrected chi connectivity index (χ4v) is 6.00. The normalized spacial score (nSPS) is 11.6. The van der Waals surface area contributed by atoms with E-state index < -0.39 is 8.80 Å². The molecule has 25 heavy (non-hydrogen) atoms. The number of ether oxygens (including phenoxy) is 1. The third-order valence-corrected chi connectivity index (χ3v) is 7.49. The third kappa shape index (κ3) is 9.46. The van der Waals surface area contributed by atoms with Gasteiger partial charge in [-0.3, -0.25) is 4.79 Å². The van der Waals surface area contributed by atoms with Gasteiger partial charge in [-0.15, -0.1) is 0 Å². The van der Waals surface area contributed by atoms with Crippen molar-refractivity contribution in [2.24, 2.45) is 0 Å². The van der Waals surface area contributed by atoms with Crippen LogP contribution in [-0.4, -0.2) is 46.1 Å². The zero-order valence-electron chi connectivity index (χ0n) is 15.5. The number of thioether (sulfide) groups is 1. The summed E-state index contributed by atoms with van der Waals surface area (Å²) in [6.07, 6.45) is 2.91. The Balaban J connectivity index is 2.15. The monoisotopic (exact) mass is 390 g/mol. The van der Waals surface area contributed by atoms with Crippen molar-refractivity contribution >= 4 is 26.5 Å². The van der Waals surface area contributed by atoms with E-state index in [1.807, 2.05) is 20.8 Å². The molecule has 0 aliphatic carbocycles. The van der Waals surface area contributed by atoms with Crippen LogP contribution in [0.1, 0.15) is 39.4 Å². The van der Waals surface area contributed by atoms with E-state index >= 15 is 0 Å². The van der Waals surface area contributed by atoms with Gasteiger partial charge in [0.25, 0.3) is 0 Å². The van der Waals surface area contributed by atoms with Gasteiger partial charge in [-0.05, 0) is 45.1 Å². The maximum Gasteiger partial charge on any atom is 0.500 e. The molecule has 6 nitrogen and oxygen atoms in total. The summed E-state index contributed by atoms with van der Waals surface area (Å²) in [5.41, 5.74) is 0. The number of rotatable bonds is 15. The lowest BCUT2D eigenvalue weighted by Gasteiger charge is -2.28. The molecule has 0 spiro atoms. The van der Waals surface area contributed by atoms with Gasteiger partial charge in [0.1, 0.15) is 12.4 Å². The van der Waals surface area contributed by atoms with Crippen LogP contribution in [0.15, 0.2) is 22.8 Å². The highest BCUT2D eigenvalue weighted by atomic mass is 32.2. The van der Waals surface area contributed by atoms with Crippen LogP contribution < -0.4 is 0 Å². The third-order valence-electron chi connectivity index (χ3n) is 3.27. The Kier molecular flexibility index (Phi) is 11.9. The van der Waals surface area contributed by atoms with E-state index in [0.29, 0.717) is 32.0 Å². The van der Waals surface area contributed by atoms with Crippen LogP contribution in [0.5, 0.6) is 0 Å². The number of esters is 1. The number of furan rings is 1. The Bertz CT molecular complexity index is 437. The predicted octanol–water partition coefficient (Wildman–Crippen LogP) is 3.88. The van der Waals surface area contributed by atoms with Gasteiger partial charge in [0.15, 0.2) is 0 Å². The van der Waals surface area contributed by atoms with Crippen molar-refractivity contribution < 1.29 is 27.2 Å². The summed E-state index contributed by atoms with van der Waals surface area (Å²) >= 11 is 1.73. The van der Waals surface area contributed by atoms with E-state index in [0.717, 1.165) is 24.0 Å². The fraction of sp³-hybridized carbons (Fsp3) is 0.706. The fourth-order valence-electron chi connectivity index (χ4n) is 2.27. The minimum absolute atomic E-state index is 0.196. The SMILES string of the molecule is CCO[Si](CCCSCCC(=O)OCc1ccco1)(OCC)OCC. The Hall–Kier alpha value is -0.803. The van der Waals surface area contributed by atoms with Gasteiger partial charge in [-0.1, -0.05) is 0 Å². The van der Waals surface area contributed by atoms with Crippen LogP contribution >= 0.6 is 11.8 Å². The van der Waals surface area contributed by atoms with Crippen molar-refractivity contribution in [2.45, 2.75) is 46.3 Å². The van der Waals surface area contributed by atoms with Gasteiger partial charge in [-0.25, -0.2) is 0 Å². The second kappa shape index (κ2) is 13.4. The average Bonchev–Trinajstić information content (AvgIpc) is 3.10. The molecular weight excluding hydrogens is 360 g/mol. The zero-order valence-corrected chi connectivity index (χ0v) is 17.3. The molecule has 0 aliphatic heterocycles. The molecule has 0 atom stereocenters. The lowest BCUT2D eigenvalue weighted by molar-refractivity contribution is -0.144. The number of carbonyl (C=O) groups excluding carboxylic acids is 1. The molecule has 8 heteroatoms. The molecule has 1 aromatic heterocycles. The van der Waals surface area contributed by atoms with Crippen molar-refractivity contribution in [3.05, 3.63) is 24.2 Å². The molecule has 0 bridgehead atoms. The maximum atomic E-state index is 11.7. The second-order valence-corrected chi connectivity index (χ2v) is 9.14. The Labute approximate surface area is 155 Å². The van der Waals surface area contributed by atoms with Crippen molar-refractivity contribution in [2.75, 3.05) is 31.3 Å². The summed E-state index contributed by atoms with van der Waals surface area (Å²) in [6.45, 7) is 7.87. The highest BCUT2D eigenvalue weighted by Crippen LogP contribution is 2.20. The number of carbonyl (C=O) groups is 1. The lowest BCUT2D eigenvalue weighted by atomic mass is 10.4. The van der Waals surface area contributed by atoms with E-state index in [1.165, 1.54) is 0 Å².